The van der Waals surface area contributed by atoms with Crippen LogP contribution in [0.3, 0.4) is 0 Å². The lowest BCUT2D eigenvalue weighted by Gasteiger charge is -2.31. The number of hydrogen-bond donors (Lipinski definition) is 1. The van der Waals surface area contributed by atoms with Gasteiger partial charge in [-0.05, 0) is 37.1 Å². The average Bonchev–Trinajstić information content (AvgIpc) is 3.12. The Morgan fingerprint density at radius 1 is 1.15 bits per heavy atom. The molecule has 0 radical (unpaired) electrons. The summed E-state index contributed by atoms with van der Waals surface area (Å²) in [7, 11) is -3.71. The summed E-state index contributed by atoms with van der Waals surface area (Å²) < 4.78 is 27.6. The number of nitrogens with one attached hydrogen (secondary N) is 1. The fraction of sp³-hybridized carbons (Fsp3) is 0.263. The van der Waals surface area contributed by atoms with E-state index in [1.54, 1.807) is 12.1 Å². The Balaban J connectivity index is 1.65. The summed E-state index contributed by atoms with van der Waals surface area (Å²) in [5.41, 5.74) is 2.02. The van der Waals surface area contributed by atoms with E-state index in [2.05, 4.69) is 9.97 Å². The number of nitriles is 1. The maximum absolute atomic E-state index is 13.1. The van der Waals surface area contributed by atoms with Crippen molar-refractivity contribution in [3.05, 3.63) is 59.9 Å². The molecule has 1 aliphatic rings. The van der Waals surface area contributed by atoms with E-state index in [-0.39, 0.29) is 16.4 Å². The number of benzene rings is 2. The summed E-state index contributed by atoms with van der Waals surface area (Å²) in [5.74, 6) is 0.833. The lowest BCUT2D eigenvalue weighted by atomic mass is 9.99. The number of imidazole rings is 1. The van der Waals surface area contributed by atoms with Crippen LogP contribution in [0.25, 0.3) is 11.0 Å². The second-order valence-corrected chi connectivity index (χ2v) is 8.36. The minimum atomic E-state index is -3.71. The molecule has 26 heavy (non-hydrogen) atoms. The number of rotatable bonds is 3. The van der Waals surface area contributed by atoms with E-state index in [1.807, 2.05) is 30.3 Å². The molecule has 1 N–H and O–H groups in total. The van der Waals surface area contributed by atoms with Gasteiger partial charge < -0.3 is 4.98 Å². The molecule has 1 atom stereocenters. The van der Waals surface area contributed by atoms with E-state index in [0.29, 0.717) is 13.1 Å². The molecule has 0 saturated carbocycles. The van der Waals surface area contributed by atoms with Crippen molar-refractivity contribution >= 4 is 21.1 Å². The van der Waals surface area contributed by atoms with Crippen molar-refractivity contribution in [1.29, 1.82) is 5.26 Å². The topological polar surface area (TPSA) is 89.8 Å². The van der Waals surface area contributed by atoms with Gasteiger partial charge in [0.05, 0.1) is 21.5 Å². The third-order valence-electron chi connectivity index (χ3n) is 4.80. The number of para-hydroxylation sites is 2. The third-order valence-corrected chi connectivity index (χ3v) is 6.73. The van der Waals surface area contributed by atoms with Crippen molar-refractivity contribution < 1.29 is 8.42 Å². The number of nitrogens with zero attached hydrogens (tertiary/aromatic N) is 3. The Morgan fingerprint density at radius 2 is 1.92 bits per heavy atom. The van der Waals surface area contributed by atoms with E-state index in [4.69, 9.17) is 0 Å². The lowest BCUT2D eigenvalue weighted by molar-refractivity contribution is 0.310. The summed E-state index contributed by atoms with van der Waals surface area (Å²) in [5, 5.41) is 9.24. The van der Waals surface area contributed by atoms with E-state index in [9.17, 15) is 13.7 Å². The van der Waals surface area contributed by atoms with E-state index in [1.165, 1.54) is 16.4 Å². The molecule has 1 aliphatic heterocycles. The predicted molar refractivity (Wildman–Crippen MR) is 98.0 cm³/mol. The molecule has 2 aromatic carbocycles. The van der Waals surface area contributed by atoms with Crippen LogP contribution in [0.2, 0.25) is 0 Å². The highest BCUT2D eigenvalue weighted by molar-refractivity contribution is 7.89. The van der Waals surface area contributed by atoms with Gasteiger partial charge in [-0.1, -0.05) is 24.3 Å². The van der Waals surface area contributed by atoms with Gasteiger partial charge in [-0.25, -0.2) is 13.4 Å². The van der Waals surface area contributed by atoms with Crippen LogP contribution >= 0.6 is 0 Å². The zero-order valence-electron chi connectivity index (χ0n) is 14.1. The van der Waals surface area contributed by atoms with Gasteiger partial charge >= 0.3 is 0 Å². The lowest BCUT2D eigenvalue weighted by Crippen LogP contribution is -2.39. The Labute approximate surface area is 152 Å². The van der Waals surface area contributed by atoms with Crippen molar-refractivity contribution in [2.75, 3.05) is 13.1 Å². The molecule has 0 amide bonds. The molecule has 1 saturated heterocycles. The molecule has 2 heterocycles. The van der Waals surface area contributed by atoms with Crippen molar-refractivity contribution in [3.8, 4) is 6.07 Å². The Hall–Kier alpha value is -2.69. The maximum atomic E-state index is 13.1. The normalized spacial score (nSPS) is 18.7. The number of aromatic amines is 1. The second kappa shape index (κ2) is 6.56. The molecule has 0 bridgehead atoms. The van der Waals surface area contributed by atoms with Crippen LogP contribution in [0.5, 0.6) is 0 Å². The molecular weight excluding hydrogens is 348 g/mol. The smallest absolute Gasteiger partial charge is 0.244 e. The van der Waals surface area contributed by atoms with Gasteiger partial charge in [0.1, 0.15) is 11.9 Å². The summed E-state index contributed by atoms with van der Waals surface area (Å²) >= 11 is 0. The largest absolute Gasteiger partial charge is 0.342 e. The van der Waals surface area contributed by atoms with E-state index >= 15 is 0 Å². The summed E-state index contributed by atoms with van der Waals surface area (Å²) in [6.45, 7) is 0.820. The fourth-order valence-corrected chi connectivity index (χ4v) is 5.14. The van der Waals surface area contributed by atoms with Crippen LogP contribution in [-0.4, -0.2) is 35.8 Å². The molecule has 1 aromatic heterocycles. The molecule has 0 spiro atoms. The van der Waals surface area contributed by atoms with Crippen molar-refractivity contribution in [2.45, 2.75) is 23.7 Å². The maximum Gasteiger partial charge on any atom is 0.244 e. The second-order valence-electron chi connectivity index (χ2n) is 6.45. The highest BCUT2D eigenvalue weighted by Gasteiger charge is 2.33. The van der Waals surface area contributed by atoms with Gasteiger partial charge in [-0.3, -0.25) is 0 Å². The molecule has 6 nitrogen and oxygen atoms in total. The molecule has 4 rings (SSSR count). The number of hydrogen-bond acceptors (Lipinski definition) is 4. The van der Waals surface area contributed by atoms with Crippen LogP contribution in [0.15, 0.2) is 53.4 Å². The first-order valence-electron chi connectivity index (χ1n) is 8.53. The SMILES string of the molecule is N#Cc1ccccc1S(=O)(=O)N1CCCC(c2nc3ccccc3[nH]2)C1. The van der Waals surface area contributed by atoms with Crippen LogP contribution in [0.4, 0.5) is 0 Å². The minimum Gasteiger partial charge on any atom is -0.342 e. The van der Waals surface area contributed by atoms with Crippen LogP contribution in [0, 0.1) is 11.3 Å². The first-order chi connectivity index (χ1) is 12.6. The Morgan fingerprint density at radius 3 is 2.73 bits per heavy atom. The summed E-state index contributed by atoms with van der Waals surface area (Å²) in [4.78, 5) is 8.02. The molecule has 3 aromatic rings. The number of fused-ring (bicyclic) bond motifs is 1. The molecule has 7 heteroatoms. The van der Waals surface area contributed by atoms with Crippen LogP contribution in [-0.2, 0) is 10.0 Å². The molecule has 1 fully saturated rings. The van der Waals surface area contributed by atoms with Gasteiger partial charge in [0, 0.05) is 19.0 Å². The molecule has 0 aliphatic carbocycles. The number of aromatic nitrogens is 2. The monoisotopic (exact) mass is 366 g/mol. The third kappa shape index (κ3) is 2.87. The van der Waals surface area contributed by atoms with Crippen LogP contribution in [0.1, 0.15) is 30.1 Å². The summed E-state index contributed by atoms with van der Waals surface area (Å²) in [6.07, 6.45) is 1.64. The Kier molecular flexibility index (Phi) is 4.23. The molecular formula is C19H18N4O2S. The minimum absolute atomic E-state index is 0.0140. The fourth-order valence-electron chi connectivity index (χ4n) is 3.47. The predicted octanol–water partition coefficient (Wildman–Crippen LogP) is 3.00. The first-order valence-corrected chi connectivity index (χ1v) is 9.97. The van der Waals surface area contributed by atoms with Gasteiger partial charge in [0.2, 0.25) is 10.0 Å². The molecule has 132 valence electrons. The quantitative estimate of drug-likeness (QED) is 0.771. The van der Waals surface area contributed by atoms with Gasteiger partial charge in [0.15, 0.2) is 0 Å². The number of sulfonamides is 1. The standard InChI is InChI=1S/C19H18N4O2S/c20-12-14-6-1-4-10-18(14)26(24,25)23-11-5-7-15(13-23)19-21-16-8-2-3-9-17(16)22-19/h1-4,6,8-10,15H,5,7,11,13H2,(H,21,22). The Bertz CT molecular complexity index is 1060. The highest BCUT2D eigenvalue weighted by atomic mass is 32.2. The van der Waals surface area contributed by atoms with Gasteiger partial charge in [0.25, 0.3) is 0 Å². The zero-order valence-corrected chi connectivity index (χ0v) is 14.9. The van der Waals surface area contributed by atoms with Crippen LogP contribution < -0.4 is 0 Å². The van der Waals surface area contributed by atoms with Crippen molar-refractivity contribution in [3.63, 3.8) is 0 Å². The first kappa shape index (κ1) is 16.8. The van der Waals surface area contributed by atoms with Gasteiger partial charge in [-0.15, -0.1) is 0 Å². The number of H-pyrrole nitrogens is 1. The average molecular weight is 366 g/mol. The highest BCUT2D eigenvalue weighted by Crippen LogP contribution is 2.30. The van der Waals surface area contributed by atoms with E-state index in [0.717, 1.165) is 29.7 Å². The zero-order chi connectivity index (χ0) is 18.1. The van der Waals surface area contributed by atoms with Gasteiger partial charge in [-0.2, -0.15) is 9.57 Å². The molecule has 1 unspecified atom stereocenters. The van der Waals surface area contributed by atoms with Crippen molar-refractivity contribution in [2.24, 2.45) is 0 Å². The van der Waals surface area contributed by atoms with Crippen molar-refractivity contribution in [1.82, 2.24) is 14.3 Å². The van der Waals surface area contributed by atoms with E-state index < -0.39 is 10.0 Å². The number of piperidine rings is 1. The summed E-state index contributed by atoms with van der Waals surface area (Å²) in [6, 6.07) is 16.1.